The van der Waals surface area contributed by atoms with Gasteiger partial charge in [0, 0.05) is 18.7 Å². The monoisotopic (exact) mass is 277 g/mol. The Balaban J connectivity index is 1.68. The van der Waals surface area contributed by atoms with Gasteiger partial charge in [0.1, 0.15) is 5.75 Å². The van der Waals surface area contributed by atoms with Crippen LogP contribution in [0.25, 0.3) is 0 Å². The lowest BCUT2D eigenvalue weighted by Gasteiger charge is -2.27. The molecule has 0 saturated carbocycles. The molecule has 0 unspecified atom stereocenters. The van der Waals surface area contributed by atoms with Crippen molar-refractivity contribution in [3.05, 3.63) is 65.2 Å². The molecule has 1 aliphatic rings. The summed E-state index contributed by atoms with van der Waals surface area (Å²) in [4.78, 5) is 13.9. The minimum atomic E-state index is -0.321. The molecule has 1 amide bonds. The van der Waals surface area contributed by atoms with Crippen molar-refractivity contribution in [2.45, 2.75) is 13.0 Å². The van der Waals surface area contributed by atoms with Crippen molar-refractivity contribution in [2.24, 2.45) is 0 Å². The van der Waals surface area contributed by atoms with Gasteiger partial charge in [0.05, 0.1) is 0 Å². The van der Waals surface area contributed by atoms with E-state index in [1.165, 1.54) is 11.1 Å². The van der Waals surface area contributed by atoms with Gasteiger partial charge in [0.15, 0.2) is 0 Å². The first-order valence-electron chi connectivity index (χ1n) is 6.86. The van der Waals surface area contributed by atoms with Crippen molar-refractivity contribution in [1.82, 2.24) is 4.90 Å². The Morgan fingerprint density at radius 1 is 1.10 bits per heavy atom. The molecule has 0 atom stereocenters. The van der Waals surface area contributed by atoms with E-state index in [-0.39, 0.29) is 6.09 Å². The van der Waals surface area contributed by atoms with Gasteiger partial charge in [-0.1, -0.05) is 30.2 Å². The maximum Gasteiger partial charge on any atom is 0.415 e. The van der Waals surface area contributed by atoms with Crippen LogP contribution in [0.15, 0.2) is 48.5 Å². The van der Waals surface area contributed by atoms with Crippen LogP contribution < -0.4 is 4.74 Å². The molecule has 0 radical (unpaired) electrons. The van der Waals surface area contributed by atoms with Gasteiger partial charge in [-0.2, -0.15) is 0 Å². The number of terminal acetylenes is 1. The molecule has 104 valence electrons. The third-order valence-corrected chi connectivity index (χ3v) is 3.61. The first kappa shape index (κ1) is 13.3. The molecule has 0 fully saturated rings. The quantitative estimate of drug-likeness (QED) is 0.749. The molecule has 0 saturated heterocycles. The van der Waals surface area contributed by atoms with E-state index in [1.54, 1.807) is 29.2 Å². The van der Waals surface area contributed by atoms with E-state index in [9.17, 15) is 4.79 Å². The highest BCUT2D eigenvalue weighted by atomic mass is 16.6. The summed E-state index contributed by atoms with van der Waals surface area (Å²) in [7, 11) is 0. The molecular weight excluding hydrogens is 262 g/mol. The summed E-state index contributed by atoms with van der Waals surface area (Å²) in [5.74, 6) is 3.04. The number of ether oxygens (including phenoxy) is 1. The fraction of sp³-hybridized carbons (Fsp3) is 0.167. The number of hydrogen-bond acceptors (Lipinski definition) is 2. The molecule has 0 bridgehead atoms. The molecule has 21 heavy (non-hydrogen) atoms. The summed E-state index contributed by atoms with van der Waals surface area (Å²) in [6, 6.07) is 15.1. The van der Waals surface area contributed by atoms with Crippen molar-refractivity contribution >= 4 is 6.09 Å². The molecule has 1 aliphatic heterocycles. The van der Waals surface area contributed by atoms with Crippen LogP contribution >= 0.6 is 0 Å². The zero-order valence-electron chi connectivity index (χ0n) is 11.6. The van der Waals surface area contributed by atoms with E-state index in [2.05, 4.69) is 18.1 Å². The van der Waals surface area contributed by atoms with E-state index >= 15 is 0 Å². The number of carbonyl (C=O) groups is 1. The zero-order valence-corrected chi connectivity index (χ0v) is 11.6. The van der Waals surface area contributed by atoms with Gasteiger partial charge in [0.2, 0.25) is 0 Å². The van der Waals surface area contributed by atoms with Crippen LogP contribution in [0, 0.1) is 12.3 Å². The number of fused-ring (bicyclic) bond motifs is 1. The predicted octanol–water partition coefficient (Wildman–Crippen LogP) is 3.23. The van der Waals surface area contributed by atoms with E-state index in [0.29, 0.717) is 18.8 Å². The van der Waals surface area contributed by atoms with Crippen molar-refractivity contribution in [2.75, 3.05) is 6.54 Å². The molecule has 0 N–H and O–H groups in total. The zero-order chi connectivity index (χ0) is 14.7. The van der Waals surface area contributed by atoms with Gasteiger partial charge in [-0.05, 0) is 41.8 Å². The fourth-order valence-electron chi connectivity index (χ4n) is 2.44. The normalized spacial score (nSPS) is 13.2. The van der Waals surface area contributed by atoms with Crippen LogP contribution in [0.2, 0.25) is 0 Å². The second-order valence-electron chi connectivity index (χ2n) is 4.98. The maximum absolute atomic E-state index is 12.2. The van der Waals surface area contributed by atoms with Crippen LogP contribution in [0.3, 0.4) is 0 Å². The van der Waals surface area contributed by atoms with Crippen molar-refractivity contribution < 1.29 is 9.53 Å². The molecule has 0 aromatic heterocycles. The molecule has 3 nitrogen and oxygen atoms in total. The number of rotatable bonds is 1. The van der Waals surface area contributed by atoms with Crippen LogP contribution in [0.5, 0.6) is 5.75 Å². The van der Waals surface area contributed by atoms with Gasteiger partial charge in [-0.15, -0.1) is 6.42 Å². The highest BCUT2D eigenvalue weighted by molar-refractivity contribution is 5.71. The Morgan fingerprint density at radius 3 is 2.52 bits per heavy atom. The van der Waals surface area contributed by atoms with Crippen molar-refractivity contribution in [3.63, 3.8) is 0 Å². The Kier molecular flexibility index (Phi) is 3.61. The van der Waals surface area contributed by atoms with E-state index in [0.717, 1.165) is 12.0 Å². The summed E-state index contributed by atoms with van der Waals surface area (Å²) < 4.78 is 5.39. The van der Waals surface area contributed by atoms with E-state index < -0.39 is 0 Å². The smallest absolute Gasteiger partial charge is 0.410 e. The highest BCUT2D eigenvalue weighted by Crippen LogP contribution is 2.20. The van der Waals surface area contributed by atoms with Crippen LogP contribution in [-0.4, -0.2) is 17.5 Å². The van der Waals surface area contributed by atoms with Crippen LogP contribution in [0.4, 0.5) is 4.79 Å². The third-order valence-electron chi connectivity index (χ3n) is 3.61. The number of nitrogens with zero attached hydrogens (tertiary/aromatic N) is 1. The fourth-order valence-corrected chi connectivity index (χ4v) is 2.44. The summed E-state index contributed by atoms with van der Waals surface area (Å²) in [6.45, 7) is 1.27. The lowest BCUT2D eigenvalue weighted by Crippen LogP contribution is -2.37. The maximum atomic E-state index is 12.2. The first-order chi connectivity index (χ1) is 10.3. The summed E-state index contributed by atoms with van der Waals surface area (Å²) in [5, 5.41) is 0. The van der Waals surface area contributed by atoms with Gasteiger partial charge in [-0.3, -0.25) is 0 Å². The van der Waals surface area contributed by atoms with Gasteiger partial charge < -0.3 is 9.64 Å². The SMILES string of the molecule is C#Cc1ccc(OC(=O)N2CCc3ccccc3C2)cc1. The largest absolute Gasteiger partial charge is 0.415 e. The number of hydrogen-bond donors (Lipinski definition) is 0. The topological polar surface area (TPSA) is 29.5 Å². The van der Waals surface area contributed by atoms with E-state index in [1.807, 2.05) is 12.1 Å². The standard InChI is InChI=1S/C18H15NO2/c1-2-14-7-9-17(10-8-14)21-18(20)19-12-11-15-5-3-4-6-16(15)13-19/h1,3-10H,11-13H2. The van der Waals surface area contributed by atoms with Gasteiger partial charge in [0.25, 0.3) is 0 Å². The minimum absolute atomic E-state index is 0.321. The molecule has 0 aliphatic carbocycles. The van der Waals surface area contributed by atoms with Crippen molar-refractivity contribution in [3.8, 4) is 18.1 Å². The lowest BCUT2D eigenvalue weighted by molar-refractivity contribution is 0.147. The highest BCUT2D eigenvalue weighted by Gasteiger charge is 2.21. The molecule has 2 aromatic rings. The molecule has 3 heteroatoms. The summed E-state index contributed by atoms with van der Waals surface area (Å²) in [6.07, 6.45) is 5.84. The van der Waals surface area contributed by atoms with Crippen LogP contribution in [0.1, 0.15) is 16.7 Å². The molecule has 1 heterocycles. The Hall–Kier alpha value is -2.73. The number of benzene rings is 2. The lowest BCUT2D eigenvalue weighted by atomic mass is 10.0. The average Bonchev–Trinajstić information content (AvgIpc) is 2.55. The van der Waals surface area contributed by atoms with Crippen molar-refractivity contribution in [1.29, 1.82) is 0 Å². The molecule has 2 aromatic carbocycles. The Bertz CT molecular complexity index is 698. The van der Waals surface area contributed by atoms with Gasteiger partial charge >= 0.3 is 6.09 Å². The third kappa shape index (κ3) is 2.90. The average molecular weight is 277 g/mol. The van der Waals surface area contributed by atoms with Gasteiger partial charge in [-0.25, -0.2) is 4.79 Å². The second-order valence-corrected chi connectivity index (χ2v) is 4.98. The minimum Gasteiger partial charge on any atom is -0.410 e. The Labute approximate surface area is 124 Å². The first-order valence-corrected chi connectivity index (χ1v) is 6.86. The molecular formula is C18H15NO2. The van der Waals surface area contributed by atoms with Crippen LogP contribution in [-0.2, 0) is 13.0 Å². The summed E-state index contributed by atoms with van der Waals surface area (Å²) >= 11 is 0. The summed E-state index contributed by atoms with van der Waals surface area (Å²) in [5.41, 5.74) is 3.25. The van der Waals surface area contributed by atoms with E-state index in [4.69, 9.17) is 11.2 Å². The Morgan fingerprint density at radius 2 is 1.81 bits per heavy atom. The predicted molar refractivity (Wildman–Crippen MR) is 81.0 cm³/mol. The second kappa shape index (κ2) is 5.72. The molecule has 3 rings (SSSR count). The number of carbonyl (C=O) groups excluding carboxylic acids is 1. The molecule has 0 spiro atoms. The number of amides is 1.